The summed E-state index contributed by atoms with van der Waals surface area (Å²) >= 11 is 0. The smallest absolute Gasteiger partial charge is 0.305 e. The molecule has 0 aromatic heterocycles. The molecule has 2 aliphatic rings. The molecule has 0 aromatic rings. The van der Waals surface area contributed by atoms with Crippen molar-refractivity contribution in [2.75, 3.05) is 19.7 Å². The number of carbonyl (C=O) groups is 1. The topological polar surface area (TPSA) is 47.6 Å². The minimum Gasteiger partial charge on any atom is -0.466 e. The molecule has 1 N–H and O–H groups in total. The van der Waals surface area contributed by atoms with Crippen LogP contribution in [0.1, 0.15) is 64.7 Å². The Morgan fingerprint density at radius 3 is 2.85 bits per heavy atom. The average molecular weight is 283 g/mol. The summed E-state index contributed by atoms with van der Waals surface area (Å²) in [5.74, 6) is -0.0902. The van der Waals surface area contributed by atoms with Gasteiger partial charge >= 0.3 is 5.97 Å². The first-order valence-electron chi connectivity index (χ1n) is 8.28. The molecular formula is C16H29NO3. The van der Waals surface area contributed by atoms with Crippen molar-refractivity contribution >= 4 is 5.97 Å². The summed E-state index contributed by atoms with van der Waals surface area (Å²) in [6.45, 7) is 4.11. The Balaban J connectivity index is 1.53. The van der Waals surface area contributed by atoms with Crippen LogP contribution in [0.4, 0.5) is 0 Å². The van der Waals surface area contributed by atoms with Crippen LogP contribution in [0.5, 0.6) is 0 Å². The van der Waals surface area contributed by atoms with E-state index >= 15 is 0 Å². The molecule has 4 nitrogen and oxygen atoms in total. The van der Waals surface area contributed by atoms with E-state index in [9.17, 15) is 4.79 Å². The number of esters is 1. The van der Waals surface area contributed by atoms with Crippen LogP contribution in [0, 0.1) is 0 Å². The molecule has 20 heavy (non-hydrogen) atoms. The van der Waals surface area contributed by atoms with Crippen molar-refractivity contribution in [3.05, 3.63) is 0 Å². The van der Waals surface area contributed by atoms with Crippen molar-refractivity contribution in [2.45, 2.75) is 76.4 Å². The quantitative estimate of drug-likeness (QED) is 0.576. The number of hydrogen-bond acceptors (Lipinski definition) is 4. The number of rotatable bonds is 7. The van der Waals surface area contributed by atoms with Gasteiger partial charge in [0.25, 0.3) is 0 Å². The van der Waals surface area contributed by atoms with Gasteiger partial charge in [-0.05, 0) is 45.6 Å². The lowest BCUT2D eigenvalue weighted by Crippen LogP contribution is -2.34. The summed E-state index contributed by atoms with van der Waals surface area (Å²) in [7, 11) is 0. The molecule has 1 saturated carbocycles. The molecule has 1 heterocycles. The van der Waals surface area contributed by atoms with E-state index in [1.165, 1.54) is 44.9 Å². The Morgan fingerprint density at radius 2 is 2.10 bits per heavy atom. The van der Waals surface area contributed by atoms with Gasteiger partial charge in [0.15, 0.2) is 0 Å². The van der Waals surface area contributed by atoms with E-state index in [-0.39, 0.29) is 11.6 Å². The Morgan fingerprint density at radius 1 is 1.30 bits per heavy atom. The predicted octanol–water partition coefficient (Wildman–Crippen LogP) is 2.80. The maximum absolute atomic E-state index is 11.2. The zero-order chi connectivity index (χ0) is 14.3. The number of ether oxygens (including phenoxy) is 2. The molecule has 2 rings (SSSR count). The van der Waals surface area contributed by atoms with Gasteiger partial charge in [0.2, 0.25) is 0 Å². The summed E-state index contributed by atoms with van der Waals surface area (Å²) in [4.78, 5) is 11.2. The van der Waals surface area contributed by atoms with E-state index in [4.69, 9.17) is 9.47 Å². The van der Waals surface area contributed by atoms with E-state index < -0.39 is 0 Å². The van der Waals surface area contributed by atoms with Crippen LogP contribution in [-0.2, 0) is 14.3 Å². The van der Waals surface area contributed by atoms with Gasteiger partial charge in [0.05, 0.1) is 18.3 Å². The highest BCUT2D eigenvalue weighted by atomic mass is 16.5. The first-order valence-corrected chi connectivity index (χ1v) is 8.28. The van der Waals surface area contributed by atoms with Gasteiger partial charge in [0.1, 0.15) is 0 Å². The van der Waals surface area contributed by atoms with Gasteiger partial charge in [-0.2, -0.15) is 0 Å². The van der Waals surface area contributed by atoms with Crippen LogP contribution in [0.3, 0.4) is 0 Å². The van der Waals surface area contributed by atoms with E-state index in [2.05, 4.69) is 5.32 Å². The van der Waals surface area contributed by atoms with E-state index in [1.54, 1.807) is 0 Å². The normalized spacial score (nSPS) is 24.9. The van der Waals surface area contributed by atoms with Gasteiger partial charge in [-0.1, -0.05) is 19.3 Å². The first-order chi connectivity index (χ1) is 9.74. The SMILES string of the molecule is CCOC(=O)CCCNCC1CCC2(CCCCC2)O1. The lowest BCUT2D eigenvalue weighted by Gasteiger charge is -2.33. The lowest BCUT2D eigenvalue weighted by molar-refractivity contribution is -0.143. The molecule has 0 amide bonds. The minimum atomic E-state index is -0.0902. The lowest BCUT2D eigenvalue weighted by atomic mass is 9.83. The van der Waals surface area contributed by atoms with Gasteiger partial charge < -0.3 is 14.8 Å². The van der Waals surface area contributed by atoms with Crippen LogP contribution in [-0.4, -0.2) is 37.4 Å². The largest absolute Gasteiger partial charge is 0.466 e. The molecule has 1 saturated heterocycles. The summed E-state index contributed by atoms with van der Waals surface area (Å²) in [5.41, 5.74) is 0.218. The Labute approximate surface area is 122 Å². The van der Waals surface area contributed by atoms with Gasteiger partial charge in [-0.25, -0.2) is 0 Å². The highest BCUT2D eigenvalue weighted by Gasteiger charge is 2.40. The third-order valence-electron chi connectivity index (χ3n) is 4.52. The second-order valence-corrected chi connectivity index (χ2v) is 6.13. The van der Waals surface area contributed by atoms with Crippen molar-refractivity contribution in [3.63, 3.8) is 0 Å². The molecule has 1 unspecified atom stereocenters. The Hall–Kier alpha value is -0.610. The van der Waals surface area contributed by atoms with Crippen LogP contribution in [0.15, 0.2) is 0 Å². The zero-order valence-corrected chi connectivity index (χ0v) is 12.8. The van der Waals surface area contributed by atoms with Crippen LogP contribution in [0.2, 0.25) is 0 Å². The number of hydrogen-bond donors (Lipinski definition) is 1. The standard InChI is InChI=1S/C16H29NO3/c1-2-19-15(18)7-6-12-17-13-14-8-11-16(20-14)9-4-3-5-10-16/h14,17H,2-13H2,1H3. The maximum Gasteiger partial charge on any atom is 0.305 e. The second-order valence-electron chi connectivity index (χ2n) is 6.13. The molecule has 116 valence electrons. The summed E-state index contributed by atoms with van der Waals surface area (Å²) in [5, 5.41) is 3.41. The first kappa shape index (κ1) is 15.8. The van der Waals surface area contributed by atoms with Crippen LogP contribution < -0.4 is 5.32 Å². The highest BCUT2D eigenvalue weighted by Crippen LogP contribution is 2.41. The van der Waals surface area contributed by atoms with Gasteiger partial charge in [-0.15, -0.1) is 0 Å². The minimum absolute atomic E-state index is 0.0902. The second kappa shape index (κ2) is 7.99. The Bertz CT molecular complexity index is 300. The Kier molecular flexibility index (Phi) is 6.30. The zero-order valence-electron chi connectivity index (χ0n) is 12.8. The molecule has 1 atom stereocenters. The van der Waals surface area contributed by atoms with Crippen molar-refractivity contribution in [3.8, 4) is 0 Å². The molecule has 1 spiro atoms. The molecule has 4 heteroatoms. The van der Waals surface area contributed by atoms with Crippen molar-refractivity contribution in [1.29, 1.82) is 0 Å². The van der Waals surface area contributed by atoms with E-state index in [0.717, 1.165) is 19.5 Å². The van der Waals surface area contributed by atoms with Gasteiger partial charge in [-0.3, -0.25) is 4.79 Å². The predicted molar refractivity (Wildman–Crippen MR) is 78.7 cm³/mol. The fraction of sp³-hybridized carbons (Fsp3) is 0.938. The molecule has 0 aromatic carbocycles. The number of carbonyl (C=O) groups excluding carboxylic acids is 1. The third kappa shape index (κ3) is 4.74. The van der Waals surface area contributed by atoms with Crippen molar-refractivity contribution < 1.29 is 14.3 Å². The molecule has 2 fully saturated rings. The molecule has 1 aliphatic heterocycles. The molecule has 0 bridgehead atoms. The number of nitrogens with one attached hydrogen (secondary N) is 1. The summed E-state index contributed by atoms with van der Waals surface area (Å²) in [6, 6.07) is 0. The van der Waals surface area contributed by atoms with Crippen molar-refractivity contribution in [2.24, 2.45) is 0 Å². The van der Waals surface area contributed by atoms with Gasteiger partial charge in [0, 0.05) is 13.0 Å². The van der Waals surface area contributed by atoms with Crippen LogP contribution >= 0.6 is 0 Å². The third-order valence-corrected chi connectivity index (χ3v) is 4.52. The monoisotopic (exact) mass is 283 g/mol. The van der Waals surface area contributed by atoms with E-state index in [1.807, 2.05) is 6.92 Å². The van der Waals surface area contributed by atoms with E-state index in [0.29, 0.717) is 19.1 Å². The molecule has 0 radical (unpaired) electrons. The summed E-state index contributed by atoms with van der Waals surface area (Å²) < 4.78 is 11.2. The maximum atomic E-state index is 11.2. The fourth-order valence-corrected chi connectivity index (χ4v) is 3.46. The molecule has 1 aliphatic carbocycles. The van der Waals surface area contributed by atoms with Crippen LogP contribution in [0.25, 0.3) is 0 Å². The van der Waals surface area contributed by atoms with Crippen molar-refractivity contribution in [1.82, 2.24) is 5.32 Å². The highest BCUT2D eigenvalue weighted by molar-refractivity contribution is 5.69. The average Bonchev–Trinajstić information content (AvgIpc) is 2.82. The molecular weight excluding hydrogens is 254 g/mol. The summed E-state index contributed by atoms with van der Waals surface area (Å²) in [6.07, 6.45) is 10.7. The fourth-order valence-electron chi connectivity index (χ4n) is 3.46.